The first-order valence-corrected chi connectivity index (χ1v) is 14.2. The van der Waals surface area contributed by atoms with Gasteiger partial charge in [0.2, 0.25) is 0 Å². The zero-order chi connectivity index (χ0) is 30.1. The van der Waals surface area contributed by atoms with Crippen LogP contribution in [-0.4, -0.2) is 60.9 Å². The molecule has 0 unspecified atom stereocenters. The Kier molecular flexibility index (Phi) is 7.98. The highest BCUT2D eigenvalue weighted by Gasteiger charge is 2.29. The Bertz CT molecular complexity index is 1870. The van der Waals surface area contributed by atoms with Crippen molar-refractivity contribution in [2.24, 2.45) is 0 Å². The molecule has 14 heteroatoms. The molecule has 1 atom stereocenters. The topological polar surface area (TPSA) is 142 Å². The molecule has 0 saturated heterocycles. The lowest BCUT2D eigenvalue weighted by Crippen LogP contribution is -2.24. The third kappa shape index (κ3) is 5.89. The van der Waals surface area contributed by atoms with Gasteiger partial charge in [0.25, 0.3) is 5.56 Å². The summed E-state index contributed by atoms with van der Waals surface area (Å²) in [5.74, 6) is 0.892. The van der Waals surface area contributed by atoms with E-state index in [2.05, 4.69) is 30.6 Å². The molecule has 4 aromatic heterocycles. The molecule has 1 aromatic carbocycles. The first-order valence-electron chi connectivity index (χ1n) is 13.4. The quantitative estimate of drug-likeness (QED) is 0.225. The van der Waals surface area contributed by atoms with Crippen molar-refractivity contribution in [1.29, 1.82) is 0 Å². The molecule has 1 amide bonds. The molecule has 220 valence electrons. The normalized spacial score (nSPS) is 14.1. The highest BCUT2D eigenvalue weighted by molar-refractivity contribution is 6.32. The number of aromatic amines is 1. The fourth-order valence-corrected chi connectivity index (χ4v) is 5.52. The Morgan fingerprint density at radius 3 is 2.74 bits per heavy atom. The second kappa shape index (κ2) is 12.0. The average Bonchev–Trinajstić information content (AvgIpc) is 3.72. The van der Waals surface area contributed by atoms with Crippen molar-refractivity contribution in [1.82, 2.24) is 34.5 Å². The lowest BCUT2D eigenvalue weighted by atomic mass is 10.0. The minimum absolute atomic E-state index is 0.132. The van der Waals surface area contributed by atoms with Crippen LogP contribution >= 0.6 is 23.2 Å². The molecule has 6 rings (SSSR count). The number of rotatable bonds is 8. The number of methoxy groups -OCH3 is 1. The van der Waals surface area contributed by atoms with E-state index < -0.39 is 6.09 Å². The van der Waals surface area contributed by atoms with Gasteiger partial charge in [-0.2, -0.15) is 0 Å². The zero-order valence-electron chi connectivity index (χ0n) is 23.2. The zero-order valence-corrected chi connectivity index (χ0v) is 24.7. The maximum absolute atomic E-state index is 13.6. The van der Waals surface area contributed by atoms with Crippen molar-refractivity contribution in [3.05, 3.63) is 92.6 Å². The molecule has 1 aliphatic rings. The monoisotopic (exact) mass is 620 g/mol. The number of pyridine rings is 2. The third-order valence-corrected chi connectivity index (χ3v) is 7.55. The number of nitrogens with one attached hydrogen (secondary N) is 2. The summed E-state index contributed by atoms with van der Waals surface area (Å²) in [5, 5.41) is 11.1. The van der Waals surface area contributed by atoms with Gasteiger partial charge in [0.1, 0.15) is 18.2 Å². The number of carbonyl (C=O) groups excluding carboxylic acids is 1. The summed E-state index contributed by atoms with van der Waals surface area (Å²) in [4.78, 5) is 37.6. The summed E-state index contributed by atoms with van der Waals surface area (Å²) in [6.45, 7) is 2.42. The molecule has 0 radical (unpaired) electrons. The van der Waals surface area contributed by atoms with Gasteiger partial charge in [-0.1, -0.05) is 40.0 Å². The van der Waals surface area contributed by atoms with E-state index in [0.29, 0.717) is 42.3 Å². The summed E-state index contributed by atoms with van der Waals surface area (Å²) >= 11 is 12.6. The molecule has 5 heterocycles. The van der Waals surface area contributed by atoms with Crippen LogP contribution < -0.4 is 10.9 Å². The summed E-state index contributed by atoms with van der Waals surface area (Å²) in [6, 6.07) is 12.6. The van der Waals surface area contributed by atoms with Gasteiger partial charge in [0, 0.05) is 36.2 Å². The van der Waals surface area contributed by atoms with Gasteiger partial charge in [-0.15, -0.1) is 5.10 Å². The largest absolute Gasteiger partial charge is 0.447 e. The summed E-state index contributed by atoms with van der Waals surface area (Å²) in [6.07, 6.45) is 3.92. The summed E-state index contributed by atoms with van der Waals surface area (Å²) in [5.41, 5.74) is 5.41. The highest BCUT2D eigenvalue weighted by Crippen LogP contribution is 2.35. The average molecular weight is 621 g/mol. The molecule has 0 bridgehead atoms. The number of nitrogens with zero attached hydrogens (tertiary/aromatic N) is 6. The Morgan fingerprint density at radius 1 is 1.14 bits per heavy atom. The number of carbonyl (C=O) groups is 1. The number of hydrogen-bond donors (Lipinski definition) is 2. The molecule has 2 N–H and O–H groups in total. The van der Waals surface area contributed by atoms with E-state index in [4.69, 9.17) is 32.7 Å². The van der Waals surface area contributed by atoms with Gasteiger partial charge in [0.15, 0.2) is 10.3 Å². The Labute approximate surface area is 255 Å². The van der Waals surface area contributed by atoms with Crippen LogP contribution in [0.5, 0.6) is 0 Å². The van der Waals surface area contributed by atoms with Gasteiger partial charge in [-0.3, -0.25) is 10.1 Å². The third-order valence-electron chi connectivity index (χ3n) is 7.11. The Balaban J connectivity index is 1.26. The van der Waals surface area contributed by atoms with E-state index in [0.717, 1.165) is 28.1 Å². The van der Waals surface area contributed by atoms with Gasteiger partial charge in [0.05, 0.1) is 30.2 Å². The molecule has 1 aliphatic heterocycles. The first-order chi connectivity index (χ1) is 20.8. The minimum atomic E-state index is -0.630. The van der Waals surface area contributed by atoms with Crippen LogP contribution in [0.2, 0.25) is 10.3 Å². The van der Waals surface area contributed by atoms with E-state index in [9.17, 15) is 9.59 Å². The van der Waals surface area contributed by atoms with E-state index in [1.807, 2.05) is 31.2 Å². The number of H-pyrrole nitrogens is 1. The molecule has 0 aliphatic carbocycles. The van der Waals surface area contributed by atoms with Crippen molar-refractivity contribution < 1.29 is 14.3 Å². The van der Waals surface area contributed by atoms with Gasteiger partial charge in [-0.05, 0) is 55.7 Å². The van der Waals surface area contributed by atoms with Gasteiger partial charge in [-0.25, -0.2) is 19.4 Å². The van der Waals surface area contributed by atoms with E-state index in [1.165, 1.54) is 7.11 Å². The SMILES string of the molecule is COCCOC(=O)Nc1ccc(-c2[nH]c([C@@H]3CCc4cc(-c5cc(C)ccc5-n5cc(Cl)nn5)cc(=O)n43)nc2Cl)cn1. The second-order valence-corrected chi connectivity index (χ2v) is 10.7. The van der Waals surface area contributed by atoms with Gasteiger partial charge >= 0.3 is 6.09 Å². The minimum Gasteiger partial charge on any atom is -0.447 e. The predicted octanol–water partition coefficient (Wildman–Crippen LogP) is 5.23. The van der Waals surface area contributed by atoms with Crippen molar-refractivity contribution in [2.75, 3.05) is 25.6 Å². The Hall–Kier alpha value is -4.52. The second-order valence-electron chi connectivity index (χ2n) is 9.98. The van der Waals surface area contributed by atoms with Gasteiger partial charge < -0.3 is 19.0 Å². The fourth-order valence-electron chi connectivity index (χ4n) is 5.14. The van der Waals surface area contributed by atoms with Crippen LogP contribution in [0.25, 0.3) is 28.1 Å². The number of hydrogen-bond acceptors (Lipinski definition) is 8. The highest BCUT2D eigenvalue weighted by atomic mass is 35.5. The maximum atomic E-state index is 13.6. The van der Waals surface area contributed by atoms with Crippen LogP contribution in [0.1, 0.15) is 29.5 Å². The first kappa shape index (κ1) is 28.6. The molecule has 43 heavy (non-hydrogen) atoms. The number of halogens is 2. The standard InChI is InChI=1S/C29H26Cl2N8O4/c1-16-3-6-21(38-15-23(30)36-37-38)20(11-16)18-12-19-5-7-22(39(19)25(40)13-18)28-34-26(27(31)35-28)17-4-8-24(32-14-17)33-29(41)43-10-9-42-2/h3-4,6,8,11-15,22H,5,7,9-10H2,1-2H3,(H,34,35)(H,32,33,41)/t22-/m0/s1. The smallest absolute Gasteiger partial charge is 0.412 e. The molecule has 12 nitrogen and oxygen atoms in total. The molecule has 5 aromatic rings. The molecule has 0 fully saturated rings. The number of aromatic nitrogens is 7. The van der Waals surface area contributed by atoms with Crippen LogP contribution in [0.15, 0.2) is 59.7 Å². The van der Waals surface area contributed by atoms with Crippen LogP contribution in [0.3, 0.4) is 0 Å². The number of fused-ring (bicyclic) bond motifs is 1. The summed E-state index contributed by atoms with van der Waals surface area (Å²) in [7, 11) is 1.52. The lowest BCUT2D eigenvalue weighted by Gasteiger charge is -2.15. The van der Waals surface area contributed by atoms with E-state index >= 15 is 0 Å². The number of benzene rings is 1. The van der Waals surface area contributed by atoms with E-state index in [1.54, 1.807) is 39.8 Å². The van der Waals surface area contributed by atoms with Crippen LogP contribution in [-0.2, 0) is 15.9 Å². The number of amides is 1. The Morgan fingerprint density at radius 2 is 2.00 bits per heavy atom. The number of aryl methyl sites for hydroxylation is 2. The van der Waals surface area contributed by atoms with Crippen molar-refractivity contribution in [3.63, 3.8) is 0 Å². The lowest BCUT2D eigenvalue weighted by molar-refractivity contribution is 0.107. The maximum Gasteiger partial charge on any atom is 0.412 e. The molecule has 0 saturated carbocycles. The molecular weight excluding hydrogens is 595 g/mol. The fraction of sp³-hybridized carbons (Fsp3) is 0.241. The number of imidazole rings is 1. The number of ether oxygens (including phenoxy) is 2. The van der Waals surface area contributed by atoms with Crippen molar-refractivity contribution >= 4 is 35.1 Å². The predicted molar refractivity (Wildman–Crippen MR) is 161 cm³/mol. The van der Waals surface area contributed by atoms with Crippen LogP contribution in [0.4, 0.5) is 10.6 Å². The van der Waals surface area contributed by atoms with Crippen molar-refractivity contribution in [3.8, 4) is 28.1 Å². The molecular formula is C29H26Cl2N8O4. The molecule has 0 spiro atoms. The van der Waals surface area contributed by atoms with Crippen LogP contribution in [0, 0.1) is 6.92 Å². The summed E-state index contributed by atoms with van der Waals surface area (Å²) < 4.78 is 13.2. The van der Waals surface area contributed by atoms with E-state index in [-0.39, 0.29) is 28.5 Å². The van der Waals surface area contributed by atoms with Crippen molar-refractivity contribution in [2.45, 2.75) is 25.8 Å². The number of anilines is 1.